The van der Waals surface area contributed by atoms with Gasteiger partial charge in [-0.1, -0.05) is 18.2 Å². The number of hydrogen-bond acceptors (Lipinski definition) is 6. The zero-order chi connectivity index (χ0) is 26.0. The molecule has 0 atom stereocenters. The molecule has 0 N–H and O–H groups in total. The minimum absolute atomic E-state index is 0.00629. The van der Waals surface area contributed by atoms with Crippen molar-refractivity contribution in [3.8, 4) is 5.75 Å². The number of amides is 1. The van der Waals surface area contributed by atoms with E-state index in [0.717, 1.165) is 5.56 Å². The molecule has 0 aliphatic carbocycles. The van der Waals surface area contributed by atoms with Crippen LogP contribution >= 0.6 is 0 Å². The number of aryl methyl sites for hydroxylation is 1. The van der Waals surface area contributed by atoms with Gasteiger partial charge in [0, 0.05) is 12.2 Å². The molecule has 186 valence electrons. The van der Waals surface area contributed by atoms with Crippen molar-refractivity contribution < 1.29 is 19.1 Å². The largest absolute Gasteiger partial charge is 0.493 e. The predicted molar refractivity (Wildman–Crippen MR) is 136 cm³/mol. The van der Waals surface area contributed by atoms with Gasteiger partial charge in [-0.25, -0.2) is 9.78 Å². The molecule has 9 nitrogen and oxygen atoms in total. The molecule has 9 heteroatoms. The lowest BCUT2D eigenvalue weighted by Crippen LogP contribution is -2.33. The van der Waals surface area contributed by atoms with E-state index in [1.54, 1.807) is 48.0 Å². The minimum Gasteiger partial charge on any atom is -0.493 e. The van der Waals surface area contributed by atoms with Gasteiger partial charge in [-0.05, 0) is 64.4 Å². The van der Waals surface area contributed by atoms with Crippen molar-refractivity contribution in [3.63, 3.8) is 0 Å². The van der Waals surface area contributed by atoms with E-state index in [-0.39, 0.29) is 40.2 Å². The summed E-state index contributed by atoms with van der Waals surface area (Å²) in [5, 5.41) is 0.218. The van der Waals surface area contributed by atoms with Gasteiger partial charge in [0.25, 0.3) is 11.5 Å². The summed E-state index contributed by atoms with van der Waals surface area (Å²) >= 11 is 0. The van der Waals surface area contributed by atoms with Gasteiger partial charge in [0.15, 0.2) is 5.49 Å². The molecule has 1 aromatic carbocycles. The summed E-state index contributed by atoms with van der Waals surface area (Å²) in [4.78, 5) is 49.0. The number of hydrogen-bond donors (Lipinski definition) is 0. The smallest absolute Gasteiger partial charge is 0.341 e. The van der Waals surface area contributed by atoms with Gasteiger partial charge in [-0.2, -0.15) is 4.99 Å². The fourth-order valence-electron chi connectivity index (χ4n) is 4.09. The summed E-state index contributed by atoms with van der Waals surface area (Å²) in [7, 11) is 0. The Balaban J connectivity index is 2.14. The second-order valence-electron chi connectivity index (χ2n) is 8.45. The van der Waals surface area contributed by atoms with Crippen molar-refractivity contribution in [2.24, 2.45) is 4.99 Å². The van der Waals surface area contributed by atoms with Crippen LogP contribution in [0.5, 0.6) is 5.75 Å². The van der Waals surface area contributed by atoms with Crippen LogP contribution in [-0.4, -0.2) is 39.0 Å². The lowest BCUT2D eigenvalue weighted by Gasteiger charge is -2.18. The Labute approximate surface area is 207 Å². The quantitative estimate of drug-likeness (QED) is 0.302. The Morgan fingerprint density at radius 1 is 1.03 bits per heavy atom. The van der Waals surface area contributed by atoms with Crippen molar-refractivity contribution in [3.05, 3.63) is 81.2 Å². The molecule has 0 spiro atoms. The zero-order valence-electron chi connectivity index (χ0n) is 20.9. The summed E-state index contributed by atoms with van der Waals surface area (Å²) in [5.74, 6) is -0.888. The van der Waals surface area contributed by atoms with Gasteiger partial charge < -0.3 is 14.0 Å². The number of ether oxygens (including phenoxy) is 2. The lowest BCUT2D eigenvalue weighted by atomic mass is 10.1. The van der Waals surface area contributed by atoms with Gasteiger partial charge in [-0.15, -0.1) is 0 Å². The number of rotatable bonds is 6. The molecule has 0 fully saturated rings. The first-order valence-electron chi connectivity index (χ1n) is 11.8. The van der Waals surface area contributed by atoms with E-state index in [0.29, 0.717) is 23.7 Å². The van der Waals surface area contributed by atoms with Crippen LogP contribution in [0.1, 0.15) is 60.0 Å². The number of benzene rings is 1. The molecule has 0 saturated heterocycles. The van der Waals surface area contributed by atoms with E-state index in [1.807, 2.05) is 33.8 Å². The topological polar surface area (TPSA) is 104 Å². The molecule has 1 amide bonds. The molecule has 0 bridgehead atoms. The van der Waals surface area contributed by atoms with E-state index < -0.39 is 11.9 Å². The van der Waals surface area contributed by atoms with Crippen LogP contribution in [0, 0.1) is 6.92 Å². The van der Waals surface area contributed by atoms with Crippen molar-refractivity contribution in [2.75, 3.05) is 13.2 Å². The average molecular weight is 489 g/mol. The van der Waals surface area contributed by atoms with E-state index in [9.17, 15) is 14.4 Å². The molecule has 36 heavy (non-hydrogen) atoms. The summed E-state index contributed by atoms with van der Waals surface area (Å²) in [6, 6.07) is 11.5. The minimum atomic E-state index is -0.688. The zero-order valence-corrected chi connectivity index (χ0v) is 20.9. The first-order valence-corrected chi connectivity index (χ1v) is 11.8. The maximum Gasteiger partial charge on any atom is 0.341 e. The Kier molecular flexibility index (Phi) is 7.00. The number of fused-ring (bicyclic) bond motifs is 2. The molecule has 0 aliphatic heterocycles. The van der Waals surface area contributed by atoms with Gasteiger partial charge in [-0.3, -0.25) is 14.0 Å². The van der Waals surface area contributed by atoms with Crippen LogP contribution < -0.4 is 15.8 Å². The maximum atomic E-state index is 13.5. The van der Waals surface area contributed by atoms with Gasteiger partial charge in [0.1, 0.15) is 22.6 Å². The first-order chi connectivity index (χ1) is 17.3. The second kappa shape index (κ2) is 10.2. The van der Waals surface area contributed by atoms with Crippen LogP contribution in [-0.2, 0) is 4.74 Å². The molecule has 0 aliphatic rings. The highest BCUT2D eigenvalue weighted by Crippen LogP contribution is 2.20. The number of esters is 1. The third kappa shape index (κ3) is 4.39. The van der Waals surface area contributed by atoms with Gasteiger partial charge in [0.05, 0.1) is 24.2 Å². The number of nitrogens with zero attached hydrogens (tertiary/aromatic N) is 4. The van der Waals surface area contributed by atoms with E-state index >= 15 is 0 Å². The first kappa shape index (κ1) is 24.8. The van der Waals surface area contributed by atoms with Crippen molar-refractivity contribution >= 4 is 28.6 Å². The standard InChI is InChI=1S/C27H28N4O5/c1-6-35-21-13-9-8-12-18(21)25(32)29-24-20(27(34)36-7-2)15-19-23(31(24)16(3)4)28-22-17(5)11-10-14-30(22)26(19)33/h8-16H,6-7H2,1-5H3. The van der Waals surface area contributed by atoms with Crippen molar-refractivity contribution in [1.29, 1.82) is 0 Å². The summed E-state index contributed by atoms with van der Waals surface area (Å²) in [5.41, 5.74) is 1.60. The summed E-state index contributed by atoms with van der Waals surface area (Å²) in [6.45, 7) is 9.60. The van der Waals surface area contributed by atoms with Crippen LogP contribution in [0.4, 0.5) is 0 Å². The SMILES string of the molecule is CCOC(=O)c1cc2c(=O)n3cccc(C)c3nc2n(C(C)C)c1=NC(=O)c1ccccc1OCC. The molecule has 3 heterocycles. The number of pyridine rings is 2. The molecule has 3 aromatic heterocycles. The Hall–Kier alpha value is -4.27. The Morgan fingerprint density at radius 2 is 1.78 bits per heavy atom. The van der Waals surface area contributed by atoms with Gasteiger partial charge >= 0.3 is 5.97 Å². The maximum absolute atomic E-state index is 13.5. The number of para-hydroxylation sites is 1. The van der Waals surface area contributed by atoms with E-state index in [4.69, 9.17) is 14.5 Å². The fourth-order valence-corrected chi connectivity index (χ4v) is 4.09. The molecule has 0 radical (unpaired) electrons. The second-order valence-corrected chi connectivity index (χ2v) is 8.45. The molecule has 0 saturated carbocycles. The van der Waals surface area contributed by atoms with Crippen LogP contribution in [0.3, 0.4) is 0 Å². The van der Waals surface area contributed by atoms with Crippen molar-refractivity contribution in [1.82, 2.24) is 14.0 Å². The summed E-state index contributed by atoms with van der Waals surface area (Å²) < 4.78 is 13.9. The Morgan fingerprint density at radius 3 is 2.47 bits per heavy atom. The van der Waals surface area contributed by atoms with E-state index in [2.05, 4.69) is 4.99 Å². The highest BCUT2D eigenvalue weighted by Gasteiger charge is 2.22. The number of carbonyl (C=O) groups is 2. The fraction of sp³-hybridized carbons (Fsp3) is 0.296. The third-order valence-corrected chi connectivity index (χ3v) is 5.69. The Bertz CT molecular complexity index is 1610. The summed E-state index contributed by atoms with van der Waals surface area (Å²) in [6.07, 6.45) is 1.63. The number of aromatic nitrogens is 3. The average Bonchev–Trinajstić information content (AvgIpc) is 2.85. The van der Waals surface area contributed by atoms with E-state index in [1.165, 1.54) is 10.5 Å². The van der Waals surface area contributed by atoms with Crippen LogP contribution in [0.2, 0.25) is 0 Å². The number of carbonyl (C=O) groups excluding carboxylic acids is 2. The highest BCUT2D eigenvalue weighted by molar-refractivity contribution is 5.99. The molecule has 4 aromatic rings. The van der Waals surface area contributed by atoms with Crippen LogP contribution in [0.25, 0.3) is 16.7 Å². The van der Waals surface area contributed by atoms with Crippen LogP contribution in [0.15, 0.2) is 58.4 Å². The monoisotopic (exact) mass is 488 g/mol. The molecular formula is C27H28N4O5. The predicted octanol–water partition coefficient (Wildman–Crippen LogP) is 3.86. The molecule has 0 unspecified atom stereocenters. The lowest BCUT2D eigenvalue weighted by molar-refractivity contribution is 0.0523. The van der Waals surface area contributed by atoms with Gasteiger partial charge in [0.2, 0.25) is 0 Å². The third-order valence-electron chi connectivity index (χ3n) is 5.69. The highest BCUT2D eigenvalue weighted by atomic mass is 16.5. The molecule has 4 rings (SSSR count). The van der Waals surface area contributed by atoms with Crippen molar-refractivity contribution in [2.45, 2.75) is 40.7 Å². The molecular weight excluding hydrogens is 460 g/mol. The normalized spacial score (nSPS) is 11.9.